The van der Waals surface area contributed by atoms with E-state index in [1.54, 1.807) is 7.05 Å². The maximum atomic E-state index is 11.7. The molecule has 4 heteroatoms. The Morgan fingerprint density at radius 1 is 1.39 bits per heavy atom. The van der Waals surface area contributed by atoms with E-state index in [0.717, 1.165) is 17.8 Å². The van der Waals surface area contributed by atoms with Gasteiger partial charge in [0.15, 0.2) is 0 Å². The number of nitrogens with two attached hydrogens (primary N) is 1. The second kappa shape index (κ2) is 6.40. The van der Waals surface area contributed by atoms with Gasteiger partial charge in [0.05, 0.1) is 6.04 Å². The van der Waals surface area contributed by atoms with Crippen LogP contribution in [0.4, 0.5) is 5.69 Å². The molecular weight excluding hydrogens is 226 g/mol. The lowest BCUT2D eigenvalue weighted by Gasteiger charge is -2.31. The Morgan fingerprint density at radius 3 is 2.56 bits per heavy atom. The second-order valence-corrected chi connectivity index (χ2v) is 4.80. The lowest BCUT2D eigenvalue weighted by Crippen LogP contribution is -2.46. The lowest BCUT2D eigenvalue weighted by atomic mass is 10.1. The number of nitrogens with zero attached hydrogens (tertiary/aromatic N) is 1. The summed E-state index contributed by atoms with van der Waals surface area (Å²) in [5.41, 5.74) is 7.65. The van der Waals surface area contributed by atoms with Gasteiger partial charge in [0, 0.05) is 25.3 Å². The Hall–Kier alpha value is -1.55. The van der Waals surface area contributed by atoms with E-state index < -0.39 is 0 Å². The average molecular weight is 249 g/mol. The molecule has 1 aromatic rings. The van der Waals surface area contributed by atoms with E-state index in [9.17, 15) is 4.79 Å². The van der Waals surface area contributed by atoms with E-state index in [4.69, 9.17) is 5.73 Å². The van der Waals surface area contributed by atoms with E-state index in [1.165, 1.54) is 0 Å². The first-order valence-electron chi connectivity index (χ1n) is 6.27. The third-order valence-electron chi connectivity index (χ3n) is 3.10. The summed E-state index contributed by atoms with van der Waals surface area (Å²) < 4.78 is 0. The number of hydrogen-bond donors (Lipinski definition) is 2. The summed E-state index contributed by atoms with van der Waals surface area (Å²) in [5.74, 6) is 0.0348. The fourth-order valence-corrected chi connectivity index (χ4v) is 2.03. The molecule has 1 rings (SSSR count). The third-order valence-corrected chi connectivity index (χ3v) is 3.10. The molecule has 0 spiro atoms. The Kier molecular flexibility index (Phi) is 5.16. The number of amides is 1. The number of carbonyl (C=O) groups excluding carboxylic acids is 1. The molecule has 4 nitrogen and oxygen atoms in total. The van der Waals surface area contributed by atoms with E-state index in [-0.39, 0.29) is 11.9 Å². The van der Waals surface area contributed by atoms with Gasteiger partial charge in [-0.2, -0.15) is 0 Å². The summed E-state index contributed by atoms with van der Waals surface area (Å²) in [4.78, 5) is 13.9. The molecule has 0 heterocycles. The summed E-state index contributed by atoms with van der Waals surface area (Å²) in [7, 11) is 1.66. The van der Waals surface area contributed by atoms with E-state index in [2.05, 4.69) is 24.1 Å². The molecule has 0 bridgehead atoms. The number of likely N-dealkylation sites (N-methyl/N-ethyl adjacent to an activating group) is 1. The summed E-state index contributed by atoms with van der Waals surface area (Å²) in [6, 6.07) is 7.92. The molecule has 0 saturated carbocycles. The second-order valence-electron chi connectivity index (χ2n) is 4.80. The topological polar surface area (TPSA) is 58.4 Å². The van der Waals surface area contributed by atoms with Crippen molar-refractivity contribution in [3.63, 3.8) is 0 Å². The largest absolute Gasteiger partial charge is 0.399 e. The highest BCUT2D eigenvalue weighted by atomic mass is 16.2. The van der Waals surface area contributed by atoms with Crippen LogP contribution in [0.3, 0.4) is 0 Å². The summed E-state index contributed by atoms with van der Waals surface area (Å²) in [6.07, 6.45) is 0. The molecule has 1 amide bonds. The van der Waals surface area contributed by atoms with Crippen LogP contribution in [0.2, 0.25) is 0 Å². The lowest BCUT2D eigenvalue weighted by molar-refractivity contribution is -0.126. The van der Waals surface area contributed by atoms with Gasteiger partial charge >= 0.3 is 0 Å². The van der Waals surface area contributed by atoms with Gasteiger partial charge < -0.3 is 11.1 Å². The number of rotatable bonds is 5. The average Bonchev–Trinajstić information content (AvgIpc) is 2.34. The Morgan fingerprint density at radius 2 is 2.06 bits per heavy atom. The number of nitrogen functional groups attached to an aromatic ring is 1. The summed E-state index contributed by atoms with van der Waals surface area (Å²) in [6.45, 7) is 6.82. The molecular formula is C14H23N3O. The monoisotopic (exact) mass is 249 g/mol. The molecule has 100 valence electrons. The first-order valence-corrected chi connectivity index (χ1v) is 6.27. The van der Waals surface area contributed by atoms with Crippen molar-refractivity contribution in [1.29, 1.82) is 0 Å². The number of carbonyl (C=O) groups is 1. The summed E-state index contributed by atoms with van der Waals surface area (Å²) in [5, 5.41) is 2.69. The smallest absolute Gasteiger partial charge is 0.236 e. The molecule has 0 aliphatic carbocycles. The van der Waals surface area contributed by atoms with Gasteiger partial charge in [-0.15, -0.1) is 0 Å². The van der Waals surface area contributed by atoms with Crippen LogP contribution in [0.5, 0.6) is 0 Å². The minimum absolute atomic E-state index is 0.0348. The number of hydrogen-bond acceptors (Lipinski definition) is 3. The quantitative estimate of drug-likeness (QED) is 0.780. The van der Waals surface area contributed by atoms with Gasteiger partial charge in [0.2, 0.25) is 5.91 Å². The van der Waals surface area contributed by atoms with Crippen molar-refractivity contribution in [2.24, 2.45) is 0 Å². The predicted octanol–water partition coefficient (Wildman–Crippen LogP) is 1.61. The van der Waals surface area contributed by atoms with Crippen LogP contribution < -0.4 is 11.1 Å². The predicted molar refractivity (Wildman–Crippen MR) is 75.1 cm³/mol. The standard InChI is InChI=1S/C14H23N3O/c1-10(2)17(11(3)14(18)16-4)9-12-6-5-7-13(15)8-12/h5-8,10-11H,9,15H2,1-4H3,(H,16,18). The molecule has 0 aromatic heterocycles. The van der Waals surface area contributed by atoms with Crippen molar-refractivity contribution in [3.8, 4) is 0 Å². The van der Waals surface area contributed by atoms with E-state index >= 15 is 0 Å². The van der Waals surface area contributed by atoms with Gasteiger partial charge in [0.25, 0.3) is 0 Å². The first-order chi connectivity index (χ1) is 8.45. The molecule has 0 fully saturated rings. The highest BCUT2D eigenvalue weighted by molar-refractivity contribution is 5.81. The van der Waals surface area contributed by atoms with Crippen molar-refractivity contribution in [3.05, 3.63) is 29.8 Å². The van der Waals surface area contributed by atoms with Crippen LogP contribution >= 0.6 is 0 Å². The van der Waals surface area contributed by atoms with Crippen LogP contribution in [0, 0.1) is 0 Å². The zero-order valence-electron chi connectivity index (χ0n) is 11.6. The molecule has 0 aliphatic heterocycles. The molecule has 1 aromatic carbocycles. The highest BCUT2D eigenvalue weighted by Gasteiger charge is 2.22. The Labute approximate surface area is 109 Å². The van der Waals surface area contributed by atoms with Crippen molar-refractivity contribution in [1.82, 2.24) is 10.2 Å². The van der Waals surface area contributed by atoms with Crippen LogP contribution in [-0.4, -0.2) is 29.9 Å². The Balaban J connectivity index is 2.84. The number of nitrogens with one attached hydrogen (secondary N) is 1. The van der Waals surface area contributed by atoms with Crippen LogP contribution in [0.25, 0.3) is 0 Å². The molecule has 0 radical (unpaired) electrons. The van der Waals surface area contributed by atoms with Crippen molar-refractivity contribution >= 4 is 11.6 Å². The minimum Gasteiger partial charge on any atom is -0.399 e. The third kappa shape index (κ3) is 3.74. The van der Waals surface area contributed by atoms with E-state index in [0.29, 0.717) is 6.04 Å². The summed E-state index contributed by atoms with van der Waals surface area (Å²) >= 11 is 0. The molecule has 0 saturated heterocycles. The fourth-order valence-electron chi connectivity index (χ4n) is 2.03. The van der Waals surface area contributed by atoms with E-state index in [1.807, 2.05) is 31.2 Å². The van der Waals surface area contributed by atoms with Crippen molar-refractivity contribution in [2.45, 2.75) is 39.4 Å². The normalized spacial score (nSPS) is 12.8. The molecule has 1 unspecified atom stereocenters. The van der Waals surface area contributed by atoms with Gasteiger partial charge in [0.1, 0.15) is 0 Å². The number of anilines is 1. The maximum Gasteiger partial charge on any atom is 0.236 e. The highest BCUT2D eigenvalue weighted by Crippen LogP contribution is 2.14. The fraction of sp³-hybridized carbons (Fsp3) is 0.500. The van der Waals surface area contributed by atoms with Crippen LogP contribution in [0.1, 0.15) is 26.3 Å². The van der Waals surface area contributed by atoms with Gasteiger partial charge in [-0.3, -0.25) is 9.69 Å². The molecule has 3 N–H and O–H groups in total. The zero-order valence-corrected chi connectivity index (χ0v) is 11.6. The Bertz CT molecular complexity index is 404. The van der Waals surface area contributed by atoms with Crippen molar-refractivity contribution in [2.75, 3.05) is 12.8 Å². The van der Waals surface area contributed by atoms with Crippen LogP contribution in [-0.2, 0) is 11.3 Å². The first kappa shape index (κ1) is 14.5. The number of benzene rings is 1. The zero-order chi connectivity index (χ0) is 13.7. The van der Waals surface area contributed by atoms with Gasteiger partial charge in [-0.1, -0.05) is 12.1 Å². The van der Waals surface area contributed by atoms with Crippen molar-refractivity contribution < 1.29 is 4.79 Å². The minimum atomic E-state index is -0.156. The van der Waals surface area contributed by atoms with Gasteiger partial charge in [-0.25, -0.2) is 0 Å². The SMILES string of the molecule is CNC(=O)C(C)N(Cc1cccc(N)c1)C(C)C. The molecule has 1 atom stereocenters. The van der Waals surface area contributed by atoms with Gasteiger partial charge in [-0.05, 0) is 38.5 Å². The van der Waals surface area contributed by atoms with Crippen LogP contribution in [0.15, 0.2) is 24.3 Å². The molecule has 0 aliphatic rings. The molecule has 18 heavy (non-hydrogen) atoms. The maximum absolute atomic E-state index is 11.7.